The molecule has 0 saturated heterocycles. The van der Waals surface area contributed by atoms with Gasteiger partial charge in [-0.3, -0.25) is 9.69 Å². The van der Waals surface area contributed by atoms with Crippen molar-refractivity contribution >= 4 is 34.8 Å². The summed E-state index contributed by atoms with van der Waals surface area (Å²) in [6.07, 6.45) is 0. The van der Waals surface area contributed by atoms with Gasteiger partial charge in [0, 0.05) is 10.6 Å². The summed E-state index contributed by atoms with van der Waals surface area (Å²) in [5.74, 6) is 0.714. The van der Waals surface area contributed by atoms with E-state index in [0.717, 1.165) is 5.56 Å². The van der Waals surface area contributed by atoms with Gasteiger partial charge in [-0.15, -0.1) is 0 Å². The summed E-state index contributed by atoms with van der Waals surface area (Å²) >= 11 is 11.9. The Kier molecular flexibility index (Phi) is 5.88. The lowest BCUT2D eigenvalue weighted by atomic mass is 10.2. The zero-order valence-corrected chi connectivity index (χ0v) is 15.5. The number of anilines is 1. The molecule has 2 aromatic carbocycles. The first kappa shape index (κ1) is 18.4. The van der Waals surface area contributed by atoms with E-state index >= 15 is 0 Å². The fourth-order valence-corrected chi connectivity index (χ4v) is 2.63. The Hall–Kier alpha value is -2.41. The van der Waals surface area contributed by atoms with Crippen molar-refractivity contribution in [1.82, 2.24) is 15.0 Å². The molecule has 0 bridgehead atoms. The molecule has 1 amide bonds. The van der Waals surface area contributed by atoms with E-state index in [2.05, 4.69) is 15.5 Å². The van der Waals surface area contributed by atoms with Crippen LogP contribution in [0.1, 0.15) is 5.89 Å². The number of aromatic nitrogens is 2. The van der Waals surface area contributed by atoms with Crippen LogP contribution in [0.5, 0.6) is 0 Å². The van der Waals surface area contributed by atoms with E-state index < -0.39 is 0 Å². The predicted molar refractivity (Wildman–Crippen MR) is 101 cm³/mol. The van der Waals surface area contributed by atoms with Crippen LogP contribution in [0.15, 0.2) is 53.1 Å². The number of rotatable bonds is 6. The Morgan fingerprint density at radius 1 is 1.15 bits per heavy atom. The van der Waals surface area contributed by atoms with Gasteiger partial charge in [0.15, 0.2) is 0 Å². The molecule has 134 valence electrons. The van der Waals surface area contributed by atoms with Crippen molar-refractivity contribution in [1.29, 1.82) is 0 Å². The maximum Gasteiger partial charge on any atom is 0.241 e. The number of nitrogens with one attached hydrogen (secondary N) is 1. The Morgan fingerprint density at radius 3 is 2.62 bits per heavy atom. The second kappa shape index (κ2) is 8.31. The van der Waals surface area contributed by atoms with Gasteiger partial charge in [-0.25, -0.2) is 0 Å². The van der Waals surface area contributed by atoms with E-state index in [1.54, 1.807) is 42.3 Å². The van der Waals surface area contributed by atoms with E-state index in [1.807, 2.05) is 18.2 Å². The van der Waals surface area contributed by atoms with Gasteiger partial charge < -0.3 is 9.84 Å². The van der Waals surface area contributed by atoms with E-state index in [9.17, 15) is 4.79 Å². The molecule has 1 N–H and O–H groups in total. The highest BCUT2D eigenvalue weighted by molar-refractivity contribution is 6.33. The van der Waals surface area contributed by atoms with Gasteiger partial charge in [0.1, 0.15) is 0 Å². The van der Waals surface area contributed by atoms with Gasteiger partial charge in [-0.1, -0.05) is 40.5 Å². The molecule has 0 radical (unpaired) electrons. The Balaban J connectivity index is 1.56. The van der Waals surface area contributed by atoms with Crippen LogP contribution >= 0.6 is 23.2 Å². The van der Waals surface area contributed by atoms with Crippen molar-refractivity contribution in [3.63, 3.8) is 0 Å². The predicted octanol–water partition coefficient (Wildman–Crippen LogP) is 4.11. The van der Waals surface area contributed by atoms with Crippen molar-refractivity contribution in [3.05, 3.63) is 64.5 Å². The van der Waals surface area contributed by atoms with Crippen LogP contribution in [0.25, 0.3) is 11.4 Å². The standard InChI is InChI=1S/C18H16Cl2N4O2/c1-24(10-16(25)21-15-5-3-2-4-14(15)20)11-17-22-18(23-26-17)12-6-8-13(19)9-7-12/h2-9H,10-11H2,1H3,(H,21,25). The maximum atomic E-state index is 12.1. The van der Waals surface area contributed by atoms with Gasteiger partial charge in [-0.2, -0.15) is 4.98 Å². The van der Waals surface area contributed by atoms with Crippen LogP contribution in [-0.4, -0.2) is 34.5 Å². The number of hydrogen-bond donors (Lipinski definition) is 1. The van der Waals surface area contributed by atoms with Crippen molar-refractivity contribution in [2.75, 3.05) is 18.9 Å². The molecule has 1 heterocycles. The number of halogens is 2. The molecule has 0 fully saturated rings. The lowest BCUT2D eigenvalue weighted by Gasteiger charge is -2.14. The van der Waals surface area contributed by atoms with Gasteiger partial charge in [-0.05, 0) is 43.4 Å². The van der Waals surface area contributed by atoms with Gasteiger partial charge in [0.05, 0.1) is 23.8 Å². The minimum atomic E-state index is -0.182. The van der Waals surface area contributed by atoms with Crippen molar-refractivity contribution in [3.8, 4) is 11.4 Å². The molecule has 0 aliphatic heterocycles. The Morgan fingerprint density at radius 2 is 1.88 bits per heavy atom. The normalized spacial score (nSPS) is 10.9. The Labute approximate surface area is 160 Å². The molecule has 3 rings (SSSR count). The molecule has 1 aromatic heterocycles. The lowest BCUT2D eigenvalue weighted by Crippen LogP contribution is -2.30. The zero-order valence-electron chi connectivity index (χ0n) is 13.9. The van der Waals surface area contributed by atoms with Crippen molar-refractivity contribution in [2.24, 2.45) is 0 Å². The lowest BCUT2D eigenvalue weighted by molar-refractivity contribution is -0.117. The minimum absolute atomic E-state index is 0.157. The number of likely N-dealkylation sites (N-methyl/N-ethyl adjacent to an activating group) is 1. The number of para-hydroxylation sites is 1. The topological polar surface area (TPSA) is 71.3 Å². The van der Waals surface area contributed by atoms with Gasteiger partial charge >= 0.3 is 0 Å². The molecule has 8 heteroatoms. The summed E-state index contributed by atoms with van der Waals surface area (Å²) < 4.78 is 5.25. The second-order valence-corrected chi connectivity index (χ2v) is 6.56. The third kappa shape index (κ3) is 4.82. The van der Waals surface area contributed by atoms with Crippen LogP contribution < -0.4 is 5.32 Å². The second-order valence-electron chi connectivity index (χ2n) is 5.72. The van der Waals surface area contributed by atoms with Crippen LogP contribution in [0.3, 0.4) is 0 Å². The molecule has 0 aliphatic rings. The minimum Gasteiger partial charge on any atom is -0.338 e. The number of amides is 1. The molecule has 0 unspecified atom stereocenters. The van der Waals surface area contributed by atoms with Gasteiger partial charge in [0.25, 0.3) is 0 Å². The van der Waals surface area contributed by atoms with Crippen LogP contribution in [0.4, 0.5) is 5.69 Å². The first-order chi connectivity index (χ1) is 12.5. The SMILES string of the molecule is CN(CC(=O)Nc1ccccc1Cl)Cc1nc(-c2ccc(Cl)cc2)no1. The molecule has 3 aromatic rings. The summed E-state index contributed by atoms with van der Waals surface area (Å²) in [4.78, 5) is 18.2. The van der Waals surface area contributed by atoms with E-state index in [-0.39, 0.29) is 12.5 Å². The molecule has 6 nitrogen and oxygen atoms in total. The molecular formula is C18H16Cl2N4O2. The van der Waals surface area contributed by atoms with Crippen molar-refractivity contribution in [2.45, 2.75) is 6.54 Å². The average Bonchev–Trinajstić information content (AvgIpc) is 3.05. The number of carbonyl (C=O) groups excluding carboxylic acids is 1. The molecule has 0 aliphatic carbocycles. The number of hydrogen-bond acceptors (Lipinski definition) is 5. The summed E-state index contributed by atoms with van der Waals surface area (Å²) in [5, 5.41) is 7.86. The molecular weight excluding hydrogens is 375 g/mol. The highest BCUT2D eigenvalue weighted by atomic mass is 35.5. The summed E-state index contributed by atoms with van der Waals surface area (Å²) in [5.41, 5.74) is 1.39. The first-order valence-corrected chi connectivity index (χ1v) is 8.58. The number of carbonyl (C=O) groups is 1. The maximum absolute atomic E-state index is 12.1. The Bertz CT molecular complexity index is 896. The van der Waals surface area contributed by atoms with Crippen LogP contribution in [-0.2, 0) is 11.3 Å². The highest BCUT2D eigenvalue weighted by Gasteiger charge is 2.14. The fourth-order valence-electron chi connectivity index (χ4n) is 2.32. The molecule has 26 heavy (non-hydrogen) atoms. The third-order valence-corrected chi connectivity index (χ3v) is 4.12. The molecule has 0 spiro atoms. The largest absolute Gasteiger partial charge is 0.338 e. The van der Waals surface area contributed by atoms with E-state index in [0.29, 0.717) is 34.0 Å². The molecule has 0 saturated carbocycles. The van der Waals surface area contributed by atoms with E-state index in [4.69, 9.17) is 27.7 Å². The number of benzene rings is 2. The zero-order chi connectivity index (χ0) is 18.5. The third-order valence-electron chi connectivity index (χ3n) is 3.54. The molecule has 0 atom stereocenters. The monoisotopic (exact) mass is 390 g/mol. The quantitative estimate of drug-likeness (QED) is 0.685. The smallest absolute Gasteiger partial charge is 0.241 e. The van der Waals surface area contributed by atoms with Gasteiger partial charge in [0.2, 0.25) is 17.6 Å². The van der Waals surface area contributed by atoms with E-state index in [1.165, 1.54) is 0 Å². The summed E-state index contributed by atoms with van der Waals surface area (Å²) in [6.45, 7) is 0.500. The van der Waals surface area contributed by atoms with Crippen LogP contribution in [0.2, 0.25) is 10.0 Å². The van der Waals surface area contributed by atoms with Crippen LogP contribution in [0, 0.1) is 0 Å². The highest BCUT2D eigenvalue weighted by Crippen LogP contribution is 2.21. The van der Waals surface area contributed by atoms with Crippen molar-refractivity contribution < 1.29 is 9.32 Å². The summed E-state index contributed by atoms with van der Waals surface area (Å²) in [6, 6.07) is 14.2. The number of nitrogens with zero attached hydrogens (tertiary/aromatic N) is 3. The first-order valence-electron chi connectivity index (χ1n) is 7.83. The fraction of sp³-hybridized carbons (Fsp3) is 0.167. The average molecular weight is 391 g/mol. The summed E-state index contributed by atoms with van der Waals surface area (Å²) in [7, 11) is 1.79.